The Hall–Kier alpha value is -1.27. The van der Waals surface area contributed by atoms with Crippen LogP contribution in [0.2, 0.25) is 5.02 Å². The summed E-state index contributed by atoms with van der Waals surface area (Å²) in [5, 5.41) is 7.20. The number of aliphatic imine (C=N–C) groups is 1. The summed E-state index contributed by atoms with van der Waals surface area (Å²) in [7, 11) is -1.21. The Balaban J connectivity index is 1.93. The second kappa shape index (κ2) is 7.09. The predicted octanol–water partition coefficient (Wildman–Crippen LogP) is 1.97. The van der Waals surface area contributed by atoms with Crippen LogP contribution in [-0.2, 0) is 15.3 Å². The topological polar surface area (TPSA) is 70.6 Å². The van der Waals surface area contributed by atoms with Gasteiger partial charge in [-0.15, -0.1) is 0 Å². The molecule has 0 amide bonds. The first-order chi connectivity index (χ1) is 10.7. The second-order valence-electron chi connectivity index (χ2n) is 6.56. The molecule has 0 bridgehead atoms. The van der Waals surface area contributed by atoms with Gasteiger partial charge in [0.15, 0.2) is 15.8 Å². The third kappa shape index (κ3) is 5.11. The van der Waals surface area contributed by atoms with E-state index in [0.29, 0.717) is 18.9 Å². The van der Waals surface area contributed by atoms with E-state index >= 15 is 0 Å². The van der Waals surface area contributed by atoms with Gasteiger partial charge in [-0.1, -0.05) is 37.6 Å². The van der Waals surface area contributed by atoms with Crippen LogP contribution in [0.3, 0.4) is 0 Å². The second-order valence-corrected chi connectivity index (χ2v) is 9.23. The highest BCUT2D eigenvalue weighted by molar-refractivity contribution is 7.91. The molecule has 1 saturated heterocycles. The smallest absolute Gasteiger partial charge is 0.191 e. The largest absolute Gasteiger partial charge is 0.356 e. The molecule has 5 nitrogen and oxygen atoms in total. The third-order valence-electron chi connectivity index (χ3n) is 4.12. The molecule has 23 heavy (non-hydrogen) atoms. The fraction of sp³-hybridized carbons (Fsp3) is 0.562. The monoisotopic (exact) mass is 357 g/mol. The third-order valence-corrected chi connectivity index (χ3v) is 6.14. The minimum atomic E-state index is -2.90. The fourth-order valence-electron chi connectivity index (χ4n) is 2.60. The van der Waals surface area contributed by atoms with Gasteiger partial charge >= 0.3 is 0 Å². The van der Waals surface area contributed by atoms with E-state index < -0.39 is 9.84 Å². The summed E-state index contributed by atoms with van der Waals surface area (Å²) in [4.78, 5) is 4.19. The molecule has 0 radical (unpaired) electrons. The van der Waals surface area contributed by atoms with Crippen LogP contribution in [0.5, 0.6) is 0 Å². The molecule has 1 aromatic carbocycles. The zero-order valence-electron chi connectivity index (χ0n) is 13.8. The van der Waals surface area contributed by atoms with Crippen molar-refractivity contribution in [2.45, 2.75) is 31.7 Å². The van der Waals surface area contributed by atoms with Crippen LogP contribution >= 0.6 is 11.6 Å². The molecule has 0 aliphatic carbocycles. The summed E-state index contributed by atoms with van der Waals surface area (Å²) in [5.41, 5.74) is 1.07. The average Bonchev–Trinajstić information content (AvgIpc) is 2.83. The van der Waals surface area contributed by atoms with E-state index in [4.69, 9.17) is 11.6 Å². The van der Waals surface area contributed by atoms with Crippen molar-refractivity contribution in [3.05, 3.63) is 34.9 Å². The lowest BCUT2D eigenvalue weighted by Crippen LogP contribution is -2.47. The quantitative estimate of drug-likeness (QED) is 0.638. The van der Waals surface area contributed by atoms with Crippen molar-refractivity contribution in [2.24, 2.45) is 4.99 Å². The Morgan fingerprint density at radius 3 is 2.52 bits per heavy atom. The first-order valence-corrected chi connectivity index (χ1v) is 9.85. The summed E-state index contributed by atoms with van der Waals surface area (Å²) in [5.74, 6) is 1.06. The van der Waals surface area contributed by atoms with Gasteiger partial charge in [0.1, 0.15) is 0 Å². The SMILES string of the molecule is CN=C(NCC(C)(C)c1ccc(Cl)cc1)NC1CCS(=O)(=O)C1. The lowest BCUT2D eigenvalue weighted by Gasteiger charge is -2.27. The van der Waals surface area contributed by atoms with Crippen molar-refractivity contribution in [1.82, 2.24) is 10.6 Å². The summed E-state index contributed by atoms with van der Waals surface area (Å²) >= 11 is 5.94. The molecule has 1 aromatic rings. The van der Waals surface area contributed by atoms with E-state index in [1.165, 1.54) is 5.56 Å². The Kier molecular flexibility index (Phi) is 5.57. The van der Waals surface area contributed by atoms with Gasteiger partial charge in [0.2, 0.25) is 0 Å². The maximum absolute atomic E-state index is 11.5. The number of guanidine groups is 1. The first kappa shape index (κ1) is 18.1. The van der Waals surface area contributed by atoms with Gasteiger partial charge in [0.25, 0.3) is 0 Å². The number of hydrogen-bond donors (Lipinski definition) is 2. The maximum Gasteiger partial charge on any atom is 0.191 e. The molecule has 1 unspecified atom stereocenters. The van der Waals surface area contributed by atoms with E-state index in [1.54, 1.807) is 7.05 Å². The number of nitrogens with one attached hydrogen (secondary N) is 2. The van der Waals surface area contributed by atoms with Crippen LogP contribution in [0.1, 0.15) is 25.8 Å². The molecule has 1 heterocycles. The van der Waals surface area contributed by atoms with Crippen molar-refractivity contribution in [3.63, 3.8) is 0 Å². The van der Waals surface area contributed by atoms with Gasteiger partial charge in [0, 0.05) is 30.1 Å². The van der Waals surface area contributed by atoms with Crippen LogP contribution in [0.15, 0.2) is 29.3 Å². The molecule has 2 rings (SSSR count). The van der Waals surface area contributed by atoms with Crippen LogP contribution in [0.25, 0.3) is 0 Å². The number of rotatable bonds is 4. The summed E-state index contributed by atoms with van der Waals surface area (Å²) in [6.45, 7) is 4.95. The minimum absolute atomic E-state index is 0.0650. The zero-order chi connectivity index (χ0) is 17.1. The van der Waals surface area contributed by atoms with E-state index in [2.05, 4.69) is 29.5 Å². The highest BCUT2D eigenvalue weighted by Crippen LogP contribution is 2.23. The lowest BCUT2D eigenvalue weighted by molar-refractivity contribution is 0.505. The average molecular weight is 358 g/mol. The van der Waals surface area contributed by atoms with E-state index in [1.807, 2.05) is 24.3 Å². The minimum Gasteiger partial charge on any atom is -0.356 e. The maximum atomic E-state index is 11.5. The van der Waals surface area contributed by atoms with Crippen molar-refractivity contribution >= 4 is 27.4 Å². The lowest BCUT2D eigenvalue weighted by atomic mass is 9.85. The fourth-order valence-corrected chi connectivity index (χ4v) is 4.40. The number of halogens is 1. The van der Waals surface area contributed by atoms with Crippen molar-refractivity contribution < 1.29 is 8.42 Å². The van der Waals surface area contributed by atoms with Gasteiger partial charge in [-0.2, -0.15) is 0 Å². The number of nitrogens with zero attached hydrogens (tertiary/aromatic N) is 1. The Bertz CT molecular complexity index is 669. The normalized spacial score (nSPS) is 21.2. The molecular formula is C16H24ClN3O2S. The van der Waals surface area contributed by atoms with E-state index in [-0.39, 0.29) is 23.0 Å². The van der Waals surface area contributed by atoms with Crippen LogP contribution in [0, 0.1) is 0 Å². The van der Waals surface area contributed by atoms with Gasteiger partial charge in [-0.3, -0.25) is 4.99 Å². The number of benzene rings is 1. The highest BCUT2D eigenvalue weighted by atomic mass is 35.5. The first-order valence-electron chi connectivity index (χ1n) is 7.65. The standard InChI is InChI=1S/C16H24ClN3O2S/c1-16(2,12-4-6-13(17)7-5-12)11-19-15(18-3)20-14-8-9-23(21,22)10-14/h4-7,14H,8-11H2,1-3H3,(H2,18,19,20). The van der Waals surface area contributed by atoms with Crippen LogP contribution < -0.4 is 10.6 Å². The summed E-state index contributed by atoms with van der Waals surface area (Å²) in [6, 6.07) is 7.74. The molecule has 0 spiro atoms. The molecule has 0 aromatic heterocycles. The molecule has 1 atom stereocenters. The van der Waals surface area contributed by atoms with Gasteiger partial charge in [-0.25, -0.2) is 8.42 Å². The predicted molar refractivity (Wildman–Crippen MR) is 96.0 cm³/mol. The van der Waals surface area contributed by atoms with E-state index in [9.17, 15) is 8.42 Å². The number of sulfone groups is 1. The summed E-state index contributed by atoms with van der Waals surface area (Å²) in [6.07, 6.45) is 0.629. The molecule has 1 fully saturated rings. The van der Waals surface area contributed by atoms with Crippen LogP contribution in [0.4, 0.5) is 0 Å². The highest BCUT2D eigenvalue weighted by Gasteiger charge is 2.29. The molecular weight excluding hydrogens is 334 g/mol. The van der Waals surface area contributed by atoms with Gasteiger partial charge in [0.05, 0.1) is 11.5 Å². The molecule has 1 aliphatic rings. The van der Waals surface area contributed by atoms with Gasteiger partial charge in [-0.05, 0) is 24.1 Å². The Labute approximate surface area is 143 Å². The molecule has 7 heteroatoms. The van der Waals surface area contributed by atoms with E-state index in [0.717, 1.165) is 5.02 Å². The molecule has 0 saturated carbocycles. The molecule has 1 aliphatic heterocycles. The Morgan fingerprint density at radius 1 is 1.35 bits per heavy atom. The van der Waals surface area contributed by atoms with Crippen molar-refractivity contribution in [2.75, 3.05) is 25.1 Å². The summed E-state index contributed by atoms with van der Waals surface area (Å²) < 4.78 is 23.1. The Morgan fingerprint density at radius 2 is 2.00 bits per heavy atom. The van der Waals surface area contributed by atoms with Crippen molar-refractivity contribution in [1.29, 1.82) is 0 Å². The van der Waals surface area contributed by atoms with Crippen LogP contribution in [-0.4, -0.2) is 45.5 Å². The molecule has 2 N–H and O–H groups in total. The number of hydrogen-bond acceptors (Lipinski definition) is 3. The van der Waals surface area contributed by atoms with Gasteiger partial charge < -0.3 is 10.6 Å². The zero-order valence-corrected chi connectivity index (χ0v) is 15.3. The van der Waals surface area contributed by atoms with Crippen molar-refractivity contribution in [3.8, 4) is 0 Å². The molecule has 128 valence electrons.